The van der Waals surface area contributed by atoms with Gasteiger partial charge in [-0.2, -0.15) is 0 Å². The number of ether oxygens (including phenoxy) is 2. The van der Waals surface area contributed by atoms with E-state index in [1.807, 2.05) is 29.2 Å². The van der Waals surface area contributed by atoms with E-state index >= 15 is 0 Å². The van der Waals surface area contributed by atoms with Crippen molar-refractivity contribution in [2.24, 2.45) is 11.3 Å². The van der Waals surface area contributed by atoms with Crippen molar-refractivity contribution < 1.29 is 23.5 Å². The standard InChI is InChI=1S/C32H47NO5Si/c1-12-31-18-23(9)27-24(10)19-37-32(27,31)30(11,29(35)36-13-2)28(34)33(31)25-15-14-16-26(17-25)38-39(20(3)4,21(5)6)22(7)8/h14-18,20-22,27H,10,12-13,19H2,1-9,11H3/t27?,30-,31-,32+/m0/s1. The number of benzene rings is 1. The number of rotatable bonds is 9. The molecule has 4 atom stereocenters. The van der Waals surface area contributed by atoms with Gasteiger partial charge in [0.1, 0.15) is 11.4 Å². The second-order valence-corrected chi connectivity index (χ2v) is 18.1. The zero-order chi connectivity index (χ0) is 29.1. The zero-order valence-corrected chi connectivity index (χ0v) is 26.5. The van der Waals surface area contributed by atoms with Gasteiger partial charge >= 0.3 is 5.97 Å². The van der Waals surface area contributed by atoms with Crippen LogP contribution in [0.15, 0.2) is 48.1 Å². The highest BCUT2D eigenvalue weighted by molar-refractivity contribution is 6.78. The molecule has 6 nitrogen and oxygen atoms in total. The van der Waals surface area contributed by atoms with Crippen molar-refractivity contribution in [2.45, 2.75) is 103 Å². The van der Waals surface area contributed by atoms with Crippen molar-refractivity contribution in [1.82, 2.24) is 0 Å². The fourth-order valence-corrected chi connectivity index (χ4v) is 13.8. The van der Waals surface area contributed by atoms with Crippen LogP contribution in [-0.4, -0.2) is 44.5 Å². The fraction of sp³-hybridized carbons (Fsp3) is 0.625. The molecule has 0 N–H and O–H groups in total. The summed E-state index contributed by atoms with van der Waals surface area (Å²) in [5.41, 5.74) is 0.345. The Morgan fingerprint density at radius 3 is 2.31 bits per heavy atom. The van der Waals surface area contributed by atoms with Crippen molar-refractivity contribution in [2.75, 3.05) is 18.1 Å². The van der Waals surface area contributed by atoms with Gasteiger partial charge in [0, 0.05) is 17.7 Å². The summed E-state index contributed by atoms with van der Waals surface area (Å²) in [7, 11) is -2.23. The summed E-state index contributed by atoms with van der Waals surface area (Å²) in [5.74, 6) is -0.330. The molecule has 1 spiro atoms. The van der Waals surface area contributed by atoms with Crippen LogP contribution in [0.3, 0.4) is 0 Å². The zero-order valence-electron chi connectivity index (χ0n) is 25.5. The lowest BCUT2D eigenvalue weighted by molar-refractivity contribution is -0.179. The SMILES string of the molecule is C=C1CO[C@@]23C1C(C)=C[C@]2(CC)N(c1cccc(O[Si](C(C)C)(C(C)C)C(C)C)c1)C(=O)[C@@]3(C)C(=O)OCC. The highest BCUT2D eigenvalue weighted by Crippen LogP contribution is 2.68. The molecule has 1 aromatic rings. The lowest BCUT2D eigenvalue weighted by atomic mass is 9.62. The topological polar surface area (TPSA) is 65.1 Å². The summed E-state index contributed by atoms with van der Waals surface area (Å²) in [6.07, 6.45) is 2.72. The van der Waals surface area contributed by atoms with Gasteiger partial charge in [-0.25, -0.2) is 0 Å². The molecule has 4 rings (SSSR count). The predicted molar refractivity (Wildman–Crippen MR) is 158 cm³/mol. The smallest absolute Gasteiger partial charge is 0.324 e. The highest BCUT2D eigenvalue weighted by atomic mass is 28.4. The lowest BCUT2D eigenvalue weighted by Crippen LogP contribution is -2.63. The van der Waals surface area contributed by atoms with Gasteiger partial charge < -0.3 is 13.9 Å². The maximum Gasteiger partial charge on any atom is 0.324 e. The number of hydrogen-bond donors (Lipinski definition) is 0. The first-order chi connectivity index (χ1) is 18.2. The number of nitrogens with zero attached hydrogens (tertiary/aromatic N) is 1. The first kappa shape index (κ1) is 29.6. The molecule has 1 unspecified atom stereocenters. The molecule has 2 aliphatic heterocycles. The molecule has 0 radical (unpaired) electrons. The summed E-state index contributed by atoms with van der Waals surface area (Å²) < 4.78 is 19.2. The second-order valence-electron chi connectivity index (χ2n) is 12.7. The van der Waals surface area contributed by atoms with E-state index < -0.39 is 30.8 Å². The molecule has 2 fully saturated rings. The first-order valence-electron chi connectivity index (χ1n) is 14.5. The summed E-state index contributed by atoms with van der Waals surface area (Å²) in [4.78, 5) is 30.2. The third-order valence-electron chi connectivity index (χ3n) is 9.94. The Bertz CT molecular complexity index is 1180. The van der Waals surface area contributed by atoms with Crippen molar-refractivity contribution >= 4 is 25.9 Å². The van der Waals surface area contributed by atoms with Crippen LogP contribution in [-0.2, 0) is 19.1 Å². The molecule has 0 bridgehead atoms. The van der Waals surface area contributed by atoms with E-state index in [0.717, 1.165) is 16.9 Å². The van der Waals surface area contributed by atoms with Crippen molar-refractivity contribution in [3.8, 4) is 5.75 Å². The molecule has 1 aliphatic carbocycles. The minimum absolute atomic E-state index is 0.185. The Morgan fingerprint density at radius 1 is 1.15 bits per heavy atom. The van der Waals surface area contributed by atoms with Gasteiger partial charge in [-0.15, -0.1) is 0 Å². The molecular formula is C32H47NO5Si. The van der Waals surface area contributed by atoms with Crippen LogP contribution < -0.4 is 9.33 Å². The Hall–Kier alpha value is -2.38. The Labute approximate surface area is 235 Å². The molecule has 0 saturated carbocycles. The number of hydrogen-bond acceptors (Lipinski definition) is 5. The molecule has 39 heavy (non-hydrogen) atoms. The van der Waals surface area contributed by atoms with E-state index in [9.17, 15) is 9.59 Å². The fourth-order valence-electron chi connectivity index (χ4n) is 8.53. The lowest BCUT2D eigenvalue weighted by Gasteiger charge is -2.46. The van der Waals surface area contributed by atoms with Crippen LogP contribution in [0.1, 0.15) is 75.7 Å². The molecule has 7 heteroatoms. The number of anilines is 1. The summed E-state index contributed by atoms with van der Waals surface area (Å²) in [6, 6.07) is 7.86. The normalized spacial score (nSPS) is 30.3. The molecule has 214 valence electrons. The van der Waals surface area contributed by atoms with E-state index in [0.29, 0.717) is 35.3 Å². The van der Waals surface area contributed by atoms with E-state index in [1.165, 1.54) is 0 Å². The Balaban J connectivity index is 1.92. The number of esters is 1. The van der Waals surface area contributed by atoms with Gasteiger partial charge in [0.2, 0.25) is 5.91 Å². The van der Waals surface area contributed by atoms with Crippen LogP contribution in [0, 0.1) is 11.3 Å². The first-order valence-corrected chi connectivity index (χ1v) is 16.7. The highest BCUT2D eigenvalue weighted by Gasteiger charge is 2.83. The third kappa shape index (κ3) is 3.61. The molecule has 2 heterocycles. The number of carbonyl (C=O) groups is 2. The quantitative estimate of drug-likeness (QED) is 0.140. The third-order valence-corrected chi connectivity index (χ3v) is 15.9. The second kappa shape index (κ2) is 9.91. The van der Waals surface area contributed by atoms with Gasteiger partial charge in [0.15, 0.2) is 5.41 Å². The Kier molecular flexibility index (Phi) is 7.52. The van der Waals surface area contributed by atoms with Crippen LogP contribution in [0.5, 0.6) is 5.75 Å². The van der Waals surface area contributed by atoms with Crippen LogP contribution in [0.25, 0.3) is 0 Å². The van der Waals surface area contributed by atoms with Crippen molar-refractivity contribution in [3.05, 3.63) is 48.1 Å². The average molecular weight is 554 g/mol. The minimum Gasteiger partial charge on any atom is -0.543 e. The van der Waals surface area contributed by atoms with Gasteiger partial charge in [-0.1, -0.05) is 72.8 Å². The van der Waals surface area contributed by atoms with Gasteiger partial charge in [-0.05, 0) is 61.5 Å². The molecule has 1 aromatic carbocycles. The van der Waals surface area contributed by atoms with Crippen LogP contribution in [0.4, 0.5) is 5.69 Å². The molecule has 0 aromatic heterocycles. The van der Waals surface area contributed by atoms with E-state index in [1.54, 1.807) is 13.8 Å². The van der Waals surface area contributed by atoms with Crippen molar-refractivity contribution in [3.63, 3.8) is 0 Å². The van der Waals surface area contributed by atoms with Crippen molar-refractivity contribution in [1.29, 1.82) is 0 Å². The summed E-state index contributed by atoms with van der Waals surface area (Å²) in [5, 5.41) is 0. The van der Waals surface area contributed by atoms with Gasteiger partial charge in [-0.3, -0.25) is 14.5 Å². The van der Waals surface area contributed by atoms with E-state index in [4.69, 9.17) is 13.9 Å². The predicted octanol–water partition coefficient (Wildman–Crippen LogP) is 7.21. The summed E-state index contributed by atoms with van der Waals surface area (Å²) >= 11 is 0. The van der Waals surface area contributed by atoms with Crippen LogP contribution in [0.2, 0.25) is 16.6 Å². The number of carbonyl (C=O) groups excluding carboxylic acids is 2. The monoisotopic (exact) mass is 553 g/mol. The molecular weight excluding hydrogens is 506 g/mol. The van der Waals surface area contributed by atoms with Crippen LogP contribution >= 0.6 is 0 Å². The summed E-state index contributed by atoms with van der Waals surface area (Å²) in [6.45, 7) is 26.0. The largest absolute Gasteiger partial charge is 0.543 e. The Morgan fingerprint density at radius 2 is 1.77 bits per heavy atom. The van der Waals surface area contributed by atoms with Gasteiger partial charge in [0.05, 0.1) is 18.8 Å². The molecule has 1 amide bonds. The molecule has 2 saturated heterocycles. The van der Waals surface area contributed by atoms with E-state index in [2.05, 4.69) is 68.0 Å². The minimum atomic E-state index is -2.23. The van der Waals surface area contributed by atoms with E-state index in [-0.39, 0.29) is 18.4 Å². The molecule has 3 aliphatic rings. The number of amides is 1. The van der Waals surface area contributed by atoms with Gasteiger partial charge in [0.25, 0.3) is 8.32 Å². The maximum atomic E-state index is 14.6. The maximum absolute atomic E-state index is 14.6. The average Bonchev–Trinajstić information content (AvgIpc) is 3.41.